The van der Waals surface area contributed by atoms with Gasteiger partial charge in [-0.15, -0.1) is 0 Å². The Bertz CT molecular complexity index is 672. The molecule has 0 bridgehead atoms. The van der Waals surface area contributed by atoms with E-state index in [4.69, 9.17) is 0 Å². The van der Waals surface area contributed by atoms with Gasteiger partial charge in [0.1, 0.15) is 5.82 Å². The molecule has 0 atom stereocenters. The molecule has 2 N–H and O–H groups in total. The zero-order valence-electron chi connectivity index (χ0n) is 10.9. The molecule has 0 aliphatic carbocycles. The highest BCUT2D eigenvalue weighted by molar-refractivity contribution is 6.39. The standard InChI is InChI=1S/C15H12FN3O2/c16-12-6-4-5-11(9-12)10-17-19-15(21)14(20)18-13-7-2-1-3-8-13/h1-10H,(H,18,20)(H,19,21)/b17-10-. The van der Waals surface area contributed by atoms with Crippen LogP contribution in [0.4, 0.5) is 10.1 Å². The summed E-state index contributed by atoms with van der Waals surface area (Å²) in [7, 11) is 0. The van der Waals surface area contributed by atoms with Gasteiger partial charge in [0.15, 0.2) is 0 Å². The van der Waals surface area contributed by atoms with E-state index >= 15 is 0 Å². The molecule has 2 amide bonds. The molecular formula is C15H12FN3O2. The minimum absolute atomic E-state index is 0.410. The highest BCUT2D eigenvalue weighted by atomic mass is 19.1. The first-order valence-electron chi connectivity index (χ1n) is 6.10. The molecule has 6 heteroatoms. The SMILES string of the molecule is O=C(N/N=C\c1cccc(F)c1)C(=O)Nc1ccccc1. The number of hydrogen-bond acceptors (Lipinski definition) is 3. The summed E-state index contributed by atoms with van der Waals surface area (Å²) < 4.78 is 12.9. The maximum atomic E-state index is 12.9. The highest BCUT2D eigenvalue weighted by Crippen LogP contribution is 2.04. The van der Waals surface area contributed by atoms with Crippen molar-refractivity contribution in [2.45, 2.75) is 0 Å². The summed E-state index contributed by atoms with van der Waals surface area (Å²) in [4.78, 5) is 23.0. The van der Waals surface area contributed by atoms with E-state index < -0.39 is 17.6 Å². The van der Waals surface area contributed by atoms with Crippen molar-refractivity contribution < 1.29 is 14.0 Å². The van der Waals surface area contributed by atoms with Crippen LogP contribution in [0.2, 0.25) is 0 Å². The van der Waals surface area contributed by atoms with Crippen LogP contribution >= 0.6 is 0 Å². The fourth-order valence-corrected chi connectivity index (χ4v) is 1.51. The highest BCUT2D eigenvalue weighted by Gasteiger charge is 2.12. The van der Waals surface area contributed by atoms with E-state index in [0.29, 0.717) is 11.3 Å². The van der Waals surface area contributed by atoms with E-state index in [-0.39, 0.29) is 0 Å². The third-order valence-corrected chi connectivity index (χ3v) is 2.47. The van der Waals surface area contributed by atoms with E-state index in [0.717, 1.165) is 0 Å². The number of nitrogens with zero attached hydrogens (tertiary/aromatic N) is 1. The first-order chi connectivity index (χ1) is 10.1. The first-order valence-corrected chi connectivity index (χ1v) is 6.10. The summed E-state index contributed by atoms with van der Waals surface area (Å²) in [5.74, 6) is -2.16. The molecule has 0 unspecified atom stereocenters. The van der Waals surface area contributed by atoms with E-state index in [1.165, 1.54) is 24.4 Å². The van der Waals surface area contributed by atoms with Crippen LogP contribution in [0.5, 0.6) is 0 Å². The van der Waals surface area contributed by atoms with Crippen LogP contribution in [0, 0.1) is 5.82 Å². The van der Waals surface area contributed by atoms with E-state index in [1.807, 2.05) is 0 Å². The topological polar surface area (TPSA) is 70.6 Å². The average Bonchev–Trinajstić information content (AvgIpc) is 2.48. The third-order valence-electron chi connectivity index (χ3n) is 2.47. The molecule has 0 aliphatic rings. The molecule has 0 aliphatic heterocycles. The Morgan fingerprint density at radius 3 is 2.48 bits per heavy atom. The molecule has 2 aromatic rings. The second-order valence-electron chi connectivity index (χ2n) is 4.07. The molecule has 0 radical (unpaired) electrons. The zero-order chi connectivity index (χ0) is 15.1. The Morgan fingerprint density at radius 2 is 1.76 bits per heavy atom. The number of carbonyl (C=O) groups excluding carboxylic acids is 2. The van der Waals surface area contributed by atoms with Crippen molar-refractivity contribution in [1.29, 1.82) is 0 Å². The number of rotatable bonds is 3. The number of para-hydroxylation sites is 1. The number of hydrazone groups is 1. The monoisotopic (exact) mass is 285 g/mol. The number of nitrogens with one attached hydrogen (secondary N) is 2. The molecule has 0 heterocycles. The van der Waals surface area contributed by atoms with Gasteiger partial charge in [0.2, 0.25) is 0 Å². The van der Waals surface area contributed by atoms with Crippen LogP contribution in [-0.4, -0.2) is 18.0 Å². The Hall–Kier alpha value is -3.02. The Balaban J connectivity index is 1.88. The first kappa shape index (κ1) is 14.4. The van der Waals surface area contributed by atoms with Gasteiger partial charge >= 0.3 is 11.8 Å². The Kier molecular flexibility index (Phi) is 4.76. The molecule has 0 aromatic heterocycles. The predicted octanol–water partition coefficient (Wildman–Crippen LogP) is 1.91. The summed E-state index contributed by atoms with van der Waals surface area (Å²) in [6.07, 6.45) is 1.25. The molecule has 21 heavy (non-hydrogen) atoms. The second-order valence-corrected chi connectivity index (χ2v) is 4.07. The normalized spacial score (nSPS) is 10.3. The summed E-state index contributed by atoms with van der Waals surface area (Å²) in [6, 6.07) is 14.2. The van der Waals surface area contributed by atoms with Crippen LogP contribution in [0.3, 0.4) is 0 Å². The molecule has 5 nitrogen and oxygen atoms in total. The Labute approximate surface area is 120 Å². The number of anilines is 1. The Morgan fingerprint density at radius 1 is 1.00 bits per heavy atom. The minimum Gasteiger partial charge on any atom is -0.318 e. The maximum Gasteiger partial charge on any atom is 0.329 e. The summed E-state index contributed by atoms with van der Waals surface area (Å²) in [6.45, 7) is 0. The van der Waals surface area contributed by atoms with Crippen molar-refractivity contribution in [3.63, 3.8) is 0 Å². The van der Waals surface area contributed by atoms with Gasteiger partial charge in [-0.2, -0.15) is 5.10 Å². The van der Waals surface area contributed by atoms with Crippen molar-refractivity contribution in [2.75, 3.05) is 5.32 Å². The maximum absolute atomic E-state index is 12.9. The minimum atomic E-state index is -0.911. The van der Waals surface area contributed by atoms with Gasteiger partial charge in [-0.1, -0.05) is 30.3 Å². The van der Waals surface area contributed by atoms with Crippen molar-refractivity contribution in [2.24, 2.45) is 5.10 Å². The van der Waals surface area contributed by atoms with Gasteiger partial charge in [-0.25, -0.2) is 9.82 Å². The van der Waals surface area contributed by atoms with Gasteiger partial charge < -0.3 is 5.32 Å². The summed E-state index contributed by atoms with van der Waals surface area (Å²) in [5, 5.41) is 6.01. The number of hydrogen-bond donors (Lipinski definition) is 2. The van der Waals surface area contributed by atoms with Gasteiger partial charge in [0, 0.05) is 5.69 Å². The van der Waals surface area contributed by atoms with Gasteiger partial charge in [-0.05, 0) is 29.8 Å². The zero-order valence-corrected chi connectivity index (χ0v) is 10.9. The number of amides is 2. The molecular weight excluding hydrogens is 273 g/mol. The fraction of sp³-hybridized carbons (Fsp3) is 0. The van der Waals surface area contributed by atoms with Crippen molar-refractivity contribution >= 4 is 23.7 Å². The van der Waals surface area contributed by atoms with Crippen LogP contribution < -0.4 is 10.7 Å². The molecule has 0 saturated heterocycles. The molecule has 0 fully saturated rings. The van der Waals surface area contributed by atoms with Crippen molar-refractivity contribution in [1.82, 2.24) is 5.43 Å². The fourth-order valence-electron chi connectivity index (χ4n) is 1.51. The molecule has 2 aromatic carbocycles. The van der Waals surface area contributed by atoms with E-state index in [2.05, 4.69) is 15.8 Å². The lowest BCUT2D eigenvalue weighted by Gasteiger charge is -2.02. The molecule has 0 spiro atoms. The van der Waals surface area contributed by atoms with E-state index in [9.17, 15) is 14.0 Å². The lowest BCUT2D eigenvalue weighted by molar-refractivity contribution is -0.136. The van der Waals surface area contributed by atoms with Gasteiger partial charge in [0.05, 0.1) is 6.21 Å². The quantitative estimate of drug-likeness (QED) is 0.514. The number of halogens is 1. The third kappa shape index (κ3) is 4.54. The predicted molar refractivity (Wildman–Crippen MR) is 77.2 cm³/mol. The molecule has 106 valence electrons. The van der Waals surface area contributed by atoms with Crippen molar-refractivity contribution in [3.8, 4) is 0 Å². The van der Waals surface area contributed by atoms with Gasteiger partial charge in [-0.3, -0.25) is 9.59 Å². The van der Waals surface area contributed by atoms with Crippen molar-refractivity contribution in [3.05, 3.63) is 66.0 Å². The summed E-state index contributed by atoms with van der Waals surface area (Å²) in [5.41, 5.74) is 3.04. The summed E-state index contributed by atoms with van der Waals surface area (Å²) >= 11 is 0. The lowest BCUT2D eigenvalue weighted by Crippen LogP contribution is -2.32. The van der Waals surface area contributed by atoms with Crippen LogP contribution in [0.25, 0.3) is 0 Å². The number of benzene rings is 2. The number of carbonyl (C=O) groups is 2. The van der Waals surface area contributed by atoms with Gasteiger partial charge in [0.25, 0.3) is 0 Å². The molecule has 0 saturated carbocycles. The second kappa shape index (κ2) is 6.95. The van der Waals surface area contributed by atoms with E-state index in [1.54, 1.807) is 36.4 Å². The van der Waals surface area contributed by atoms with Crippen LogP contribution in [0.1, 0.15) is 5.56 Å². The molecule has 2 rings (SSSR count). The largest absolute Gasteiger partial charge is 0.329 e. The average molecular weight is 285 g/mol. The lowest BCUT2D eigenvalue weighted by atomic mass is 10.2. The van der Waals surface area contributed by atoms with Crippen LogP contribution in [0.15, 0.2) is 59.7 Å². The van der Waals surface area contributed by atoms with Crippen LogP contribution in [-0.2, 0) is 9.59 Å². The smallest absolute Gasteiger partial charge is 0.318 e.